The number of aliphatic hydroxyl groups is 1. The molecule has 1 aliphatic heterocycles. The number of β-amino-alcohol motifs (C(OH)–C–C–N with tert-alkyl or cyclic N) is 1. The maximum Gasteiger partial charge on any atom is 0.416 e. The predicted molar refractivity (Wildman–Crippen MR) is 65.4 cm³/mol. The number of hydrogen-bond acceptors (Lipinski definition) is 3. The van der Waals surface area contributed by atoms with Gasteiger partial charge in [-0.05, 0) is 24.6 Å². The molecule has 0 atom stereocenters. The van der Waals surface area contributed by atoms with E-state index in [0.29, 0.717) is 12.5 Å². The first kappa shape index (κ1) is 15.3. The van der Waals surface area contributed by atoms with Crippen molar-refractivity contribution in [3.63, 3.8) is 0 Å². The van der Waals surface area contributed by atoms with E-state index in [0.717, 1.165) is 22.5 Å². The molecule has 0 aromatic heterocycles. The summed E-state index contributed by atoms with van der Waals surface area (Å²) in [6.07, 6.45) is -4.20. The van der Waals surface area contributed by atoms with Crippen molar-refractivity contribution in [2.24, 2.45) is 0 Å². The van der Waals surface area contributed by atoms with Gasteiger partial charge in [0.1, 0.15) is 0 Å². The second kappa shape index (κ2) is 4.71. The first-order valence-corrected chi connectivity index (χ1v) is 7.42. The zero-order chi connectivity index (χ0) is 15.2. The lowest BCUT2D eigenvalue weighted by atomic mass is 9.94. The van der Waals surface area contributed by atoms with Crippen LogP contribution in [0, 0.1) is 0 Å². The van der Waals surface area contributed by atoms with Gasteiger partial charge < -0.3 is 5.11 Å². The standard InChI is InChI=1S/C12H14F3NO3S/c1-2-11(17)7-16(8-11)20(18,19)10-5-3-4-9(6-10)12(13,14)15/h3-6,17H,2,7-8H2,1H3. The first-order valence-electron chi connectivity index (χ1n) is 5.98. The number of benzene rings is 1. The van der Waals surface area contributed by atoms with Crippen LogP contribution in [0.25, 0.3) is 0 Å². The highest BCUT2D eigenvalue weighted by Crippen LogP contribution is 2.33. The molecule has 8 heteroatoms. The van der Waals surface area contributed by atoms with Gasteiger partial charge in [0.25, 0.3) is 0 Å². The summed E-state index contributed by atoms with van der Waals surface area (Å²) in [6.45, 7) is 1.53. The second-order valence-electron chi connectivity index (χ2n) is 4.88. The molecule has 0 spiro atoms. The molecule has 4 nitrogen and oxygen atoms in total. The van der Waals surface area contributed by atoms with Crippen LogP contribution in [0.2, 0.25) is 0 Å². The number of sulfonamides is 1. The van der Waals surface area contributed by atoms with E-state index in [1.807, 2.05) is 0 Å². The maximum absolute atomic E-state index is 12.6. The van der Waals surface area contributed by atoms with E-state index in [9.17, 15) is 26.7 Å². The van der Waals surface area contributed by atoms with Crippen LogP contribution in [0.1, 0.15) is 18.9 Å². The molecule has 1 saturated heterocycles. The molecule has 2 rings (SSSR count). The van der Waals surface area contributed by atoms with Gasteiger partial charge in [0, 0.05) is 13.1 Å². The van der Waals surface area contributed by atoms with Gasteiger partial charge in [-0.15, -0.1) is 0 Å². The molecule has 0 unspecified atom stereocenters. The van der Waals surface area contributed by atoms with Crippen molar-refractivity contribution >= 4 is 10.0 Å². The fourth-order valence-corrected chi connectivity index (χ4v) is 3.63. The average molecular weight is 309 g/mol. The van der Waals surface area contributed by atoms with Gasteiger partial charge in [-0.3, -0.25) is 0 Å². The smallest absolute Gasteiger partial charge is 0.387 e. The second-order valence-corrected chi connectivity index (χ2v) is 6.81. The Morgan fingerprint density at radius 1 is 1.35 bits per heavy atom. The minimum absolute atomic E-state index is 0.0952. The van der Waals surface area contributed by atoms with Crippen molar-refractivity contribution in [1.29, 1.82) is 0 Å². The van der Waals surface area contributed by atoms with Gasteiger partial charge in [0.05, 0.1) is 16.1 Å². The Morgan fingerprint density at radius 3 is 2.45 bits per heavy atom. The lowest BCUT2D eigenvalue weighted by Crippen LogP contribution is -2.62. The fourth-order valence-electron chi connectivity index (χ4n) is 1.99. The van der Waals surface area contributed by atoms with Crippen LogP contribution in [0.5, 0.6) is 0 Å². The monoisotopic (exact) mass is 309 g/mol. The summed E-state index contributed by atoms with van der Waals surface area (Å²) in [5.41, 5.74) is -2.08. The summed E-state index contributed by atoms with van der Waals surface area (Å²) in [7, 11) is -3.99. The average Bonchev–Trinajstić information content (AvgIpc) is 2.34. The van der Waals surface area contributed by atoms with Crippen molar-refractivity contribution in [1.82, 2.24) is 4.31 Å². The van der Waals surface area contributed by atoms with Crippen LogP contribution >= 0.6 is 0 Å². The number of halogens is 3. The summed E-state index contributed by atoms with van der Waals surface area (Å²) in [4.78, 5) is -0.412. The Hall–Kier alpha value is -1.12. The van der Waals surface area contributed by atoms with E-state index in [2.05, 4.69) is 0 Å². The van der Waals surface area contributed by atoms with Gasteiger partial charge in [-0.2, -0.15) is 17.5 Å². The van der Waals surface area contributed by atoms with Crippen molar-refractivity contribution in [2.45, 2.75) is 30.0 Å². The van der Waals surface area contributed by atoms with E-state index in [1.54, 1.807) is 6.92 Å². The molecular weight excluding hydrogens is 295 g/mol. The topological polar surface area (TPSA) is 57.6 Å². The fraction of sp³-hybridized carbons (Fsp3) is 0.500. The summed E-state index contributed by atoms with van der Waals surface area (Å²) < 4.78 is 63.0. The molecule has 0 radical (unpaired) electrons. The van der Waals surface area contributed by atoms with Gasteiger partial charge >= 0.3 is 6.18 Å². The normalized spacial score (nSPS) is 19.6. The molecule has 20 heavy (non-hydrogen) atoms. The Bertz CT molecular complexity index is 607. The highest BCUT2D eigenvalue weighted by atomic mass is 32.2. The highest BCUT2D eigenvalue weighted by Gasteiger charge is 2.46. The Kier molecular flexibility index (Phi) is 3.60. The zero-order valence-electron chi connectivity index (χ0n) is 10.7. The van der Waals surface area contributed by atoms with Gasteiger partial charge in [-0.25, -0.2) is 8.42 Å². The minimum atomic E-state index is -4.59. The molecule has 1 aromatic rings. The predicted octanol–water partition coefficient (Wildman–Crippen LogP) is 1.85. The van der Waals surface area contributed by atoms with Crippen LogP contribution in [-0.4, -0.2) is 36.5 Å². The third-order valence-corrected chi connectivity index (χ3v) is 5.19. The van der Waals surface area contributed by atoms with E-state index in [1.165, 1.54) is 0 Å². The summed E-state index contributed by atoms with van der Waals surface area (Å²) in [5, 5.41) is 9.80. The molecule has 1 heterocycles. The number of nitrogens with zero attached hydrogens (tertiary/aromatic N) is 1. The SMILES string of the molecule is CCC1(O)CN(S(=O)(=O)c2cccc(C(F)(F)F)c2)C1. The summed E-state index contributed by atoms with van der Waals surface area (Å²) in [6, 6.07) is 3.60. The third kappa shape index (κ3) is 2.68. The van der Waals surface area contributed by atoms with Crippen molar-refractivity contribution < 1.29 is 26.7 Å². The quantitative estimate of drug-likeness (QED) is 0.927. The largest absolute Gasteiger partial charge is 0.416 e. The molecule has 0 amide bonds. The highest BCUT2D eigenvalue weighted by molar-refractivity contribution is 7.89. The molecule has 1 N–H and O–H groups in total. The number of rotatable bonds is 3. The molecule has 112 valence electrons. The van der Waals surface area contributed by atoms with Gasteiger partial charge in [0.15, 0.2) is 0 Å². The lowest BCUT2D eigenvalue weighted by Gasteiger charge is -2.44. The summed E-state index contributed by atoms with van der Waals surface area (Å²) in [5.74, 6) is 0. The lowest BCUT2D eigenvalue weighted by molar-refractivity contribution is -0.137. The molecule has 0 aliphatic carbocycles. The van der Waals surface area contributed by atoms with Crippen LogP contribution < -0.4 is 0 Å². The molecule has 0 saturated carbocycles. The third-order valence-electron chi connectivity index (χ3n) is 3.40. The Labute approximate surface area is 114 Å². The number of alkyl halides is 3. The van der Waals surface area contributed by atoms with Crippen LogP contribution in [0.3, 0.4) is 0 Å². The molecule has 1 aliphatic rings. The van der Waals surface area contributed by atoms with E-state index < -0.39 is 32.3 Å². The van der Waals surface area contributed by atoms with Crippen molar-refractivity contribution in [2.75, 3.05) is 13.1 Å². The van der Waals surface area contributed by atoms with Crippen molar-refractivity contribution in [3.8, 4) is 0 Å². The van der Waals surface area contributed by atoms with Crippen LogP contribution in [-0.2, 0) is 16.2 Å². The van der Waals surface area contributed by atoms with Crippen LogP contribution in [0.4, 0.5) is 13.2 Å². The molecule has 1 fully saturated rings. The molecule has 0 bridgehead atoms. The van der Waals surface area contributed by atoms with E-state index in [-0.39, 0.29) is 13.1 Å². The molecular formula is C12H14F3NO3S. The molecule has 1 aromatic carbocycles. The zero-order valence-corrected chi connectivity index (χ0v) is 11.5. The van der Waals surface area contributed by atoms with Crippen LogP contribution in [0.15, 0.2) is 29.2 Å². The van der Waals surface area contributed by atoms with Gasteiger partial charge in [0.2, 0.25) is 10.0 Å². The first-order chi connectivity index (χ1) is 9.08. The Balaban J connectivity index is 2.28. The van der Waals surface area contributed by atoms with E-state index >= 15 is 0 Å². The van der Waals surface area contributed by atoms with Gasteiger partial charge in [-0.1, -0.05) is 13.0 Å². The van der Waals surface area contributed by atoms with Crippen molar-refractivity contribution in [3.05, 3.63) is 29.8 Å². The Morgan fingerprint density at radius 2 is 1.95 bits per heavy atom. The maximum atomic E-state index is 12.6. The van der Waals surface area contributed by atoms with E-state index in [4.69, 9.17) is 0 Å². The summed E-state index contributed by atoms with van der Waals surface area (Å²) >= 11 is 0. The number of hydrogen-bond donors (Lipinski definition) is 1. The minimum Gasteiger partial charge on any atom is -0.387 e.